The molecule has 0 bridgehead atoms. The maximum absolute atomic E-state index is 4.05. The summed E-state index contributed by atoms with van der Waals surface area (Å²) in [5, 5.41) is 0. The van der Waals surface area contributed by atoms with Crippen LogP contribution in [0, 0.1) is 0 Å². The summed E-state index contributed by atoms with van der Waals surface area (Å²) in [4.78, 5) is 0. The fourth-order valence-corrected chi connectivity index (χ4v) is 1.31. The number of hydrogen-bond acceptors (Lipinski definition) is 2. The molecule has 0 spiro atoms. The van der Waals surface area contributed by atoms with E-state index >= 15 is 0 Å². The van der Waals surface area contributed by atoms with Gasteiger partial charge in [0, 0.05) is 11.5 Å². The van der Waals surface area contributed by atoms with E-state index < -0.39 is 0 Å². The molecule has 0 rings (SSSR count). The van der Waals surface area contributed by atoms with Crippen molar-refractivity contribution in [2.75, 3.05) is 17.3 Å². The standard InChI is InChI=1S/C7H14S2/c1-2-6-9-7-4-3-5-8/h3-4,8H,2,5-7H2,1H3. The first kappa shape index (κ1) is 9.44. The maximum atomic E-state index is 4.05. The lowest BCUT2D eigenvalue weighted by Crippen LogP contribution is -1.75. The van der Waals surface area contributed by atoms with Crippen molar-refractivity contribution in [3.8, 4) is 0 Å². The van der Waals surface area contributed by atoms with Crippen LogP contribution >= 0.6 is 24.4 Å². The van der Waals surface area contributed by atoms with Crippen molar-refractivity contribution in [3.05, 3.63) is 12.2 Å². The maximum Gasteiger partial charge on any atom is 0.0113 e. The topological polar surface area (TPSA) is 0 Å². The summed E-state index contributed by atoms with van der Waals surface area (Å²) in [6, 6.07) is 0. The zero-order chi connectivity index (χ0) is 6.95. The van der Waals surface area contributed by atoms with E-state index in [0.717, 1.165) is 11.5 Å². The SMILES string of the molecule is CCCSCC=CCS. The molecule has 0 amide bonds. The Balaban J connectivity index is 2.82. The number of thioether (sulfide) groups is 1. The predicted molar refractivity (Wildman–Crippen MR) is 50.6 cm³/mol. The summed E-state index contributed by atoms with van der Waals surface area (Å²) in [7, 11) is 0. The van der Waals surface area contributed by atoms with Gasteiger partial charge in [0.05, 0.1) is 0 Å². The molecule has 0 aliphatic carbocycles. The summed E-state index contributed by atoms with van der Waals surface area (Å²) in [6.07, 6.45) is 5.54. The summed E-state index contributed by atoms with van der Waals surface area (Å²) in [6.45, 7) is 2.20. The molecule has 0 N–H and O–H groups in total. The van der Waals surface area contributed by atoms with Gasteiger partial charge in [0.2, 0.25) is 0 Å². The third-order valence-electron chi connectivity index (χ3n) is 0.835. The van der Waals surface area contributed by atoms with Gasteiger partial charge in [-0.05, 0) is 12.2 Å². The van der Waals surface area contributed by atoms with E-state index in [4.69, 9.17) is 0 Å². The summed E-state index contributed by atoms with van der Waals surface area (Å²) in [5.41, 5.74) is 0. The molecule has 0 nitrogen and oxygen atoms in total. The van der Waals surface area contributed by atoms with Crippen LogP contribution in [0.25, 0.3) is 0 Å². The molecular weight excluding hydrogens is 148 g/mol. The highest BCUT2D eigenvalue weighted by molar-refractivity contribution is 7.99. The first-order chi connectivity index (χ1) is 4.41. The van der Waals surface area contributed by atoms with Crippen molar-refractivity contribution < 1.29 is 0 Å². The number of hydrogen-bond donors (Lipinski definition) is 1. The van der Waals surface area contributed by atoms with Gasteiger partial charge in [-0.2, -0.15) is 24.4 Å². The second-order valence-corrected chi connectivity index (χ2v) is 3.24. The van der Waals surface area contributed by atoms with Crippen LogP contribution in [0.4, 0.5) is 0 Å². The molecule has 0 saturated heterocycles. The van der Waals surface area contributed by atoms with Gasteiger partial charge in [0.1, 0.15) is 0 Å². The Morgan fingerprint density at radius 3 is 2.78 bits per heavy atom. The fourth-order valence-electron chi connectivity index (χ4n) is 0.438. The van der Waals surface area contributed by atoms with Crippen molar-refractivity contribution in [1.29, 1.82) is 0 Å². The molecule has 54 valence electrons. The monoisotopic (exact) mass is 162 g/mol. The summed E-state index contributed by atoms with van der Waals surface area (Å²) < 4.78 is 0. The van der Waals surface area contributed by atoms with Crippen molar-refractivity contribution in [3.63, 3.8) is 0 Å². The average Bonchev–Trinajstić information content (AvgIpc) is 1.89. The van der Waals surface area contributed by atoms with Crippen LogP contribution in [0.2, 0.25) is 0 Å². The van der Waals surface area contributed by atoms with Gasteiger partial charge in [0.25, 0.3) is 0 Å². The van der Waals surface area contributed by atoms with Gasteiger partial charge in [-0.3, -0.25) is 0 Å². The quantitative estimate of drug-likeness (QED) is 0.368. The lowest BCUT2D eigenvalue weighted by atomic mass is 10.6. The predicted octanol–water partition coefficient (Wildman–Crippen LogP) is 2.62. The Labute approximate surface area is 67.5 Å². The molecule has 0 radical (unpaired) electrons. The van der Waals surface area contributed by atoms with Crippen molar-refractivity contribution in [2.45, 2.75) is 13.3 Å². The van der Waals surface area contributed by atoms with E-state index in [2.05, 4.69) is 31.7 Å². The Kier molecular flexibility index (Phi) is 8.85. The summed E-state index contributed by atoms with van der Waals surface area (Å²) in [5.74, 6) is 3.29. The second kappa shape index (κ2) is 8.44. The van der Waals surface area contributed by atoms with Crippen molar-refractivity contribution in [1.82, 2.24) is 0 Å². The minimum atomic E-state index is 0.868. The Hall–Kier alpha value is 0.440. The van der Waals surface area contributed by atoms with Gasteiger partial charge in [-0.15, -0.1) is 0 Å². The lowest BCUT2D eigenvalue weighted by Gasteiger charge is -1.90. The van der Waals surface area contributed by atoms with Crippen LogP contribution < -0.4 is 0 Å². The number of rotatable bonds is 5. The van der Waals surface area contributed by atoms with Crippen molar-refractivity contribution in [2.24, 2.45) is 0 Å². The van der Waals surface area contributed by atoms with E-state index in [0.29, 0.717) is 0 Å². The molecule has 2 heteroatoms. The second-order valence-electron chi connectivity index (χ2n) is 1.73. The molecule has 0 aromatic carbocycles. The molecule has 0 fully saturated rings. The van der Waals surface area contributed by atoms with E-state index in [1.54, 1.807) is 0 Å². The molecule has 0 heterocycles. The van der Waals surface area contributed by atoms with Gasteiger partial charge in [-0.1, -0.05) is 19.1 Å². The molecule has 0 aliphatic heterocycles. The van der Waals surface area contributed by atoms with Gasteiger partial charge < -0.3 is 0 Å². The average molecular weight is 162 g/mol. The van der Waals surface area contributed by atoms with Gasteiger partial charge >= 0.3 is 0 Å². The Bertz CT molecular complexity index is 69.3. The van der Waals surface area contributed by atoms with Crippen LogP contribution in [0.15, 0.2) is 12.2 Å². The van der Waals surface area contributed by atoms with Crippen LogP contribution in [0.1, 0.15) is 13.3 Å². The van der Waals surface area contributed by atoms with E-state index in [-0.39, 0.29) is 0 Å². The zero-order valence-electron chi connectivity index (χ0n) is 5.84. The van der Waals surface area contributed by atoms with Crippen LogP contribution in [0.3, 0.4) is 0 Å². The van der Waals surface area contributed by atoms with E-state index in [1.165, 1.54) is 12.2 Å². The minimum Gasteiger partial charge on any atom is -0.175 e. The van der Waals surface area contributed by atoms with Gasteiger partial charge in [-0.25, -0.2) is 0 Å². The van der Waals surface area contributed by atoms with Crippen LogP contribution in [-0.2, 0) is 0 Å². The summed E-state index contributed by atoms with van der Waals surface area (Å²) >= 11 is 6.02. The first-order valence-corrected chi connectivity index (χ1v) is 5.04. The molecule has 0 aromatic heterocycles. The molecule has 0 saturated carbocycles. The normalized spacial score (nSPS) is 10.9. The molecule has 0 aromatic rings. The van der Waals surface area contributed by atoms with E-state index in [1.807, 2.05) is 11.8 Å². The molecule has 0 atom stereocenters. The Morgan fingerprint density at radius 2 is 2.22 bits per heavy atom. The van der Waals surface area contributed by atoms with Crippen LogP contribution in [0.5, 0.6) is 0 Å². The third kappa shape index (κ3) is 8.44. The molecule has 0 unspecified atom stereocenters. The Morgan fingerprint density at radius 1 is 1.44 bits per heavy atom. The fraction of sp³-hybridized carbons (Fsp3) is 0.714. The molecular formula is C7H14S2. The molecule has 9 heavy (non-hydrogen) atoms. The van der Waals surface area contributed by atoms with Crippen LogP contribution in [-0.4, -0.2) is 17.3 Å². The smallest absolute Gasteiger partial charge is 0.0113 e. The first-order valence-electron chi connectivity index (χ1n) is 3.25. The zero-order valence-corrected chi connectivity index (χ0v) is 7.55. The largest absolute Gasteiger partial charge is 0.175 e. The number of thiol groups is 1. The minimum absolute atomic E-state index is 0.868. The third-order valence-corrected chi connectivity index (χ3v) is 2.17. The lowest BCUT2D eigenvalue weighted by molar-refractivity contribution is 1.11. The highest BCUT2D eigenvalue weighted by atomic mass is 32.2. The van der Waals surface area contributed by atoms with E-state index in [9.17, 15) is 0 Å². The highest BCUT2D eigenvalue weighted by Crippen LogP contribution is 2.01. The van der Waals surface area contributed by atoms with Gasteiger partial charge in [0.15, 0.2) is 0 Å². The van der Waals surface area contributed by atoms with Crippen molar-refractivity contribution >= 4 is 24.4 Å². The highest BCUT2D eigenvalue weighted by Gasteiger charge is 1.79. The molecule has 0 aliphatic rings.